The maximum absolute atomic E-state index is 10.9. The van der Waals surface area contributed by atoms with Gasteiger partial charge in [-0.3, -0.25) is 0 Å². The van der Waals surface area contributed by atoms with Crippen molar-refractivity contribution in [2.45, 2.75) is 6.42 Å². The van der Waals surface area contributed by atoms with Gasteiger partial charge in [-0.2, -0.15) is 0 Å². The number of aryl methyl sites for hydroxylation is 1. The van der Waals surface area contributed by atoms with Gasteiger partial charge in [0.1, 0.15) is 15.7 Å². The fourth-order valence-corrected chi connectivity index (χ4v) is 1.55. The molecular weight excluding hydrogens is 188 g/mol. The van der Waals surface area contributed by atoms with E-state index in [1.54, 1.807) is 18.3 Å². The van der Waals surface area contributed by atoms with Crippen molar-refractivity contribution in [2.75, 3.05) is 17.7 Å². The quantitative estimate of drug-likeness (QED) is 0.759. The first kappa shape index (κ1) is 9.98. The van der Waals surface area contributed by atoms with Crippen LogP contribution in [0, 0.1) is 0 Å². The average molecular weight is 200 g/mol. The van der Waals surface area contributed by atoms with Crippen LogP contribution in [0.15, 0.2) is 18.3 Å². The Hall–Kier alpha value is -1.10. The van der Waals surface area contributed by atoms with Crippen LogP contribution in [0.2, 0.25) is 0 Å². The molecule has 0 aliphatic carbocycles. The van der Waals surface area contributed by atoms with Crippen molar-refractivity contribution in [1.29, 1.82) is 0 Å². The Morgan fingerprint density at radius 2 is 2.23 bits per heavy atom. The highest BCUT2D eigenvalue weighted by Crippen LogP contribution is 2.08. The van der Waals surface area contributed by atoms with Gasteiger partial charge in [-0.05, 0) is 18.1 Å². The maximum Gasteiger partial charge on any atom is 0.147 e. The summed E-state index contributed by atoms with van der Waals surface area (Å²) in [5, 5.41) is 0. The van der Waals surface area contributed by atoms with Gasteiger partial charge in [0.05, 0.1) is 5.75 Å². The molecule has 0 amide bonds. The number of anilines is 1. The summed E-state index contributed by atoms with van der Waals surface area (Å²) in [4.78, 5) is 3.86. The average Bonchev–Trinajstić information content (AvgIpc) is 2.01. The molecule has 0 saturated carbocycles. The van der Waals surface area contributed by atoms with Crippen LogP contribution < -0.4 is 5.73 Å². The summed E-state index contributed by atoms with van der Waals surface area (Å²) in [6, 6.07) is 3.53. The first-order valence-corrected chi connectivity index (χ1v) is 5.92. The summed E-state index contributed by atoms with van der Waals surface area (Å²) in [5.41, 5.74) is 6.33. The van der Waals surface area contributed by atoms with Crippen molar-refractivity contribution in [3.8, 4) is 0 Å². The number of nitrogens with two attached hydrogens (primary N) is 1. The Balaban J connectivity index is 2.71. The normalized spacial score (nSPS) is 11.5. The molecule has 1 aromatic rings. The van der Waals surface area contributed by atoms with Crippen LogP contribution >= 0.6 is 0 Å². The number of aromatic nitrogens is 1. The molecule has 5 heteroatoms. The van der Waals surface area contributed by atoms with Crippen molar-refractivity contribution in [3.63, 3.8) is 0 Å². The Morgan fingerprint density at radius 3 is 2.77 bits per heavy atom. The van der Waals surface area contributed by atoms with Gasteiger partial charge in [0.25, 0.3) is 0 Å². The van der Waals surface area contributed by atoms with Gasteiger partial charge in [-0.1, -0.05) is 6.07 Å². The molecule has 0 bridgehead atoms. The molecule has 4 nitrogen and oxygen atoms in total. The Kier molecular flexibility index (Phi) is 2.87. The van der Waals surface area contributed by atoms with Gasteiger partial charge in [0.2, 0.25) is 0 Å². The second-order valence-corrected chi connectivity index (χ2v) is 5.19. The summed E-state index contributed by atoms with van der Waals surface area (Å²) in [7, 11) is -2.92. The number of rotatable bonds is 3. The molecular formula is C8H12N2O2S. The first-order valence-electron chi connectivity index (χ1n) is 3.86. The summed E-state index contributed by atoms with van der Waals surface area (Å²) in [6.07, 6.45) is 3.22. The van der Waals surface area contributed by atoms with E-state index in [4.69, 9.17) is 5.73 Å². The fourth-order valence-electron chi connectivity index (χ4n) is 0.958. The third-order valence-corrected chi connectivity index (χ3v) is 2.61. The van der Waals surface area contributed by atoms with E-state index in [9.17, 15) is 8.42 Å². The highest BCUT2D eigenvalue weighted by Gasteiger charge is 2.05. The Morgan fingerprint density at radius 1 is 1.54 bits per heavy atom. The second kappa shape index (κ2) is 3.74. The SMILES string of the molecule is CS(=O)(=O)CCc1cccnc1N. The minimum absolute atomic E-state index is 0.114. The minimum Gasteiger partial charge on any atom is -0.383 e. The van der Waals surface area contributed by atoms with E-state index in [1.807, 2.05) is 0 Å². The largest absolute Gasteiger partial charge is 0.383 e. The minimum atomic E-state index is -2.92. The summed E-state index contributed by atoms with van der Waals surface area (Å²) >= 11 is 0. The van der Waals surface area contributed by atoms with E-state index in [-0.39, 0.29) is 5.75 Å². The number of nitrogens with zero attached hydrogens (tertiary/aromatic N) is 1. The maximum atomic E-state index is 10.9. The van der Waals surface area contributed by atoms with Crippen LogP contribution in [0.1, 0.15) is 5.56 Å². The van der Waals surface area contributed by atoms with E-state index in [0.717, 1.165) is 5.56 Å². The molecule has 0 aliphatic rings. The molecule has 0 saturated heterocycles. The lowest BCUT2D eigenvalue weighted by atomic mass is 10.2. The van der Waals surface area contributed by atoms with E-state index in [0.29, 0.717) is 12.2 Å². The topological polar surface area (TPSA) is 73.0 Å². The van der Waals surface area contributed by atoms with Crippen LogP contribution in [-0.4, -0.2) is 25.4 Å². The number of hydrogen-bond donors (Lipinski definition) is 1. The van der Waals surface area contributed by atoms with E-state index < -0.39 is 9.84 Å². The number of nitrogen functional groups attached to an aromatic ring is 1. The zero-order valence-corrected chi connectivity index (χ0v) is 8.21. The van der Waals surface area contributed by atoms with Crippen LogP contribution in [0.5, 0.6) is 0 Å². The standard InChI is InChI=1S/C8H12N2O2S/c1-13(11,12)6-4-7-3-2-5-10-8(7)9/h2-3,5H,4,6H2,1H3,(H2,9,10). The van der Waals surface area contributed by atoms with Crippen LogP contribution in [0.4, 0.5) is 5.82 Å². The smallest absolute Gasteiger partial charge is 0.147 e. The Labute approximate surface area is 77.7 Å². The highest BCUT2D eigenvalue weighted by atomic mass is 32.2. The first-order chi connectivity index (χ1) is 5.99. The lowest BCUT2D eigenvalue weighted by molar-refractivity contribution is 0.601. The molecule has 0 unspecified atom stereocenters. The van der Waals surface area contributed by atoms with Crippen molar-refractivity contribution in [1.82, 2.24) is 4.98 Å². The number of sulfone groups is 1. The van der Waals surface area contributed by atoms with Gasteiger partial charge in [0, 0.05) is 12.5 Å². The van der Waals surface area contributed by atoms with Crippen LogP contribution in [-0.2, 0) is 16.3 Å². The van der Waals surface area contributed by atoms with Crippen LogP contribution in [0.3, 0.4) is 0 Å². The van der Waals surface area contributed by atoms with Gasteiger partial charge < -0.3 is 5.73 Å². The zero-order valence-electron chi connectivity index (χ0n) is 7.40. The molecule has 0 fully saturated rings. The zero-order chi connectivity index (χ0) is 9.90. The monoisotopic (exact) mass is 200 g/mol. The van der Waals surface area contributed by atoms with Crippen molar-refractivity contribution < 1.29 is 8.42 Å². The molecule has 0 aromatic carbocycles. The predicted octanol–water partition coefficient (Wildman–Crippen LogP) is 0.251. The summed E-state index contributed by atoms with van der Waals surface area (Å²) < 4.78 is 21.7. The molecule has 2 N–H and O–H groups in total. The molecule has 1 aromatic heterocycles. The molecule has 1 heterocycles. The number of hydrogen-bond acceptors (Lipinski definition) is 4. The fraction of sp³-hybridized carbons (Fsp3) is 0.375. The van der Waals surface area contributed by atoms with Crippen molar-refractivity contribution in [2.24, 2.45) is 0 Å². The van der Waals surface area contributed by atoms with E-state index in [2.05, 4.69) is 4.98 Å². The highest BCUT2D eigenvalue weighted by molar-refractivity contribution is 7.90. The summed E-state index contributed by atoms with van der Waals surface area (Å²) in [5.74, 6) is 0.522. The van der Waals surface area contributed by atoms with Crippen molar-refractivity contribution >= 4 is 15.7 Å². The third-order valence-electron chi connectivity index (χ3n) is 1.67. The molecule has 0 aliphatic heterocycles. The molecule has 72 valence electrons. The molecule has 13 heavy (non-hydrogen) atoms. The van der Waals surface area contributed by atoms with Crippen LogP contribution in [0.25, 0.3) is 0 Å². The summed E-state index contributed by atoms with van der Waals surface area (Å²) in [6.45, 7) is 0. The molecule has 1 rings (SSSR count). The van der Waals surface area contributed by atoms with Gasteiger partial charge >= 0.3 is 0 Å². The molecule has 0 atom stereocenters. The Bertz CT molecular complexity index is 387. The third kappa shape index (κ3) is 3.42. The van der Waals surface area contributed by atoms with Gasteiger partial charge in [0.15, 0.2) is 0 Å². The van der Waals surface area contributed by atoms with Crippen molar-refractivity contribution in [3.05, 3.63) is 23.9 Å². The molecule has 0 radical (unpaired) electrons. The lowest BCUT2D eigenvalue weighted by Gasteiger charge is -2.02. The second-order valence-electron chi connectivity index (χ2n) is 2.93. The van der Waals surface area contributed by atoms with Gasteiger partial charge in [-0.15, -0.1) is 0 Å². The lowest BCUT2D eigenvalue weighted by Crippen LogP contribution is -2.07. The predicted molar refractivity (Wildman–Crippen MR) is 52.1 cm³/mol. The van der Waals surface area contributed by atoms with E-state index in [1.165, 1.54) is 6.26 Å². The molecule has 0 spiro atoms. The van der Waals surface area contributed by atoms with E-state index >= 15 is 0 Å². The van der Waals surface area contributed by atoms with Gasteiger partial charge in [-0.25, -0.2) is 13.4 Å². The number of pyridine rings is 1.